The summed E-state index contributed by atoms with van der Waals surface area (Å²) in [4.78, 5) is 2.65. The van der Waals surface area contributed by atoms with Gasteiger partial charge in [0.1, 0.15) is 0 Å². The lowest BCUT2D eigenvalue weighted by Gasteiger charge is -2.31. The second-order valence-electron chi connectivity index (χ2n) is 4.40. The van der Waals surface area contributed by atoms with E-state index in [0.717, 1.165) is 5.92 Å². The average Bonchev–Trinajstić information content (AvgIpc) is 2.33. The van der Waals surface area contributed by atoms with Crippen molar-refractivity contribution >= 4 is 0 Å². The van der Waals surface area contributed by atoms with Gasteiger partial charge in [0.05, 0.1) is 0 Å². The summed E-state index contributed by atoms with van der Waals surface area (Å²) < 4.78 is 0. The maximum Gasteiger partial charge on any atom is -0.00161 e. The zero-order valence-electron chi connectivity index (χ0n) is 11.4. The van der Waals surface area contributed by atoms with Gasteiger partial charge in [-0.25, -0.2) is 0 Å². The molecule has 0 aromatic carbocycles. The third kappa shape index (κ3) is 6.94. The Morgan fingerprint density at radius 2 is 1.60 bits per heavy atom. The van der Waals surface area contributed by atoms with Gasteiger partial charge in [-0.05, 0) is 44.8 Å². The lowest BCUT2D eigenvalue weighted by atomic mass is 9.94. The Kier molecular flexibility index (Phi) is 10.4. The number of rotatable bonds is 5. The molecule has 1 nitrogen and oxygen atoms in total. The van der Waals surface area contributed by atoms with Crippen molar-refractivity contribution in [1.82, 2.24) is 4.90 Å². The molecule has 0 aromatic heterocycles. The molecule has 0 saturated carbocycles. The molecule has 1 saturated heterocycles. The first-order valence-corrected chi connectivity index (χ1v) is 7.09. The Bertz CT molecular complexity index is 112. The van der Waals surface area contributed by atoms with Gasteiger partial charge in [0.15, 0.2) is 0 Å². The van der Waals surface area contributed by atoms with E-state index in [-0.39, 0.29) is 0 Å². The molecule has 0 aliphatic carbocycles. The fraction of sp³-hybridized carbons (Fsp3) is 1.00. The molecule has 1 rings (SSSR count). The zero-order valence-corrected chi connectivity index (χ0v) is 11.4. The van der Waals surface area contributed by atoms with Crippen LogP contribution in [0.5, 0.6) is 0 Å². The predicted octanol–water partition coefficient (Wildman–Crippen LogP) is 4.32. The fourth-order valence-electron chi connectivity index (χ4n) is 2.20. The fourth-order valence-corrected chi connectivity index (χ4v) is 2.20. The molecule has 92 valence electrons. The van der Waals surface area contributed by atoms with Crippen molar-refractivity contribution in [2.24, 2.45) is 5.92 Å². The van der Waals surface area contributed by atoms with Gasteiger partial charge < -0.3 is 4.90 Å². The summed E-state index contributed by atoms with van der Waals surface area (Å²) in [6, 6.07) is 0. The normalized spacial score (nSPS) is 18.4. The first-order chi connectivity index (χ1) is 7.36. The van der Waals surface area contributed by atoms with Crippen LogP contribution in [0.2, 0.25) is 0 Å². The quantitative estimate of drug-likeness (QED) is 0.615. The molecule has 0 amide bonds. The highest BCUT2D eigenvalue weighted by atomic mass is 15.1. The number of hydrogen-bond donors (Lipinski definition) is 0. The Morgan fingerprint density at radius 3 is 2.07 bits per heavy atom. The van der Waals surface area contributed by atoms with Crippen molar-refractivity contribution in [2.45, 2.75) is 66.2 Å². The van der Waals surface area contributed by atoms with Crippen LogP contribution in [0.25, 0.3) is 0 Å². The van der Waals surface area contributed by atoms with Crippen LogP contribution < -0.4 is 0 Å². The molecule has 1 heterocycles. The van der Waals surface area contributed by atoms with E-state index in [1.165, 1.54) is 58.2 Å². The van der Waals surface area contributed by atoms with Crippen molar-refractivity contribution in [3.8, 4) is 0 Å². The molecule has 0 unspecified atom stereocenters. The highest BCUT2D eigenvalue weighted by molar-refractivity contribution is 4.70. The van der Waals surface area contributed by atoms with Crippen LogP contribution in [-0.4, -0.2) is 24.5 Å². The Hall–Kier alpha value is -0.0400. The molecule has 0 aromatic rings. The van der Waals surface area contributed by atoms with Crippen LogP contribution in [0.1, 0.15) is 66.2 Å². The smallest absolute Gasteiger partial charge is 0.00161 e. The first-order valence-electron chi connectivity index (χ1n) is 7.09. The van der Waals surface area contributed by atoms with E-state index in [1.807, 2.05) is 13.8 Å². The van der Waals surface area contributed by atoms with Gasteiger partial charge in [-0.1, -0.05) is 47.0 Å². The standard InChI is InChI=1S/C12H25N.C2H6/c1-3-5-6-9-13-10-7-12(4-2)8-11-13;1-2/h12H,3-11H2,1-2H3;1-2H3. The van der Waals surface area contributed by atoms with Gasteiger partial charge in [0.25, 0.3) is 0 Å². The average molecular weight is 213 g/mol. The molecule has 0 spiro atoms. The highest BCUT2D eigenvalue weighted by Crippen LogP contribution is 2.19. The summed E-state index contributed by atoms with van der Waals surface area (Å²) in [5.74, 6) is 1.03. The monoisotopic (exact) mass is 213 g/mol. The molecule has 1 fully saturated rings. The summed E-state index contributed by atoms with van der Waals surface area (Å²) in [6.07, 6.45) is 8.46. The van der Waals surface area contributed by atoms with Gasteiger partial charge in [-0.15, -0.1) is 0 Å². The topological polar surface area (TPSA) is 3.24 Å². The molecule has 0 radical (unpaired) electrons. The van der Waals surface area contributed by atoms with Gasteiger partial charge in [-0.2, -0.15) is 0 Å². The summed E-state index contributed by atoms with van der Waals surface area (Å²) in [6.45, 7) is 12.7. The van der Waals surface area contributed by atoms with E-state index in [0.29, 0.717) is 0 Å². The van der Waals surface area contributed by atoms with E-state index < -0.39 is 0 Å². The van der Waals surface area contributed by atoms with E-state index >= 15 is 0 Å². The lowest BCUT2D eigenvalue weighted by Crippen LogP contribution is -2.34. The minimum Gasteiger partial charge on any atom is -0.303 e. The Labute approximate surface area is 97.2 Å². The number of piperidine rings is 1. The van der Waals surface area contributed by atoms with Crippen LogP contribution in [-0.2, 0) is 0 Å². The van der Waals surface area contributed by atoms with Crippen LogP contribution in [0.3, 0.4) is 0 Å². The molecular weight excluding hydrogens is 182 g/mol. The second-order valence-corrected chi connectivity index (χ2v) is 4.40. The van der Waals surface area contributed by atoms with E-state index in [9.17, 15) is 0 Å². The third-order valence-electron chi connectivity index (χ3n) is 3.36. The molecule has 0 N–H and O–H groups in total. The van der Waals surface area contributed by atoms with Crippen LogP contribution in [0.15, 0.2) is 0 Å². The Balaban J connectivity index is 0.000000921. The van der Waals surface area contributed by atoms with Crippen LogP contribution in [0, 0.1) is 5.92 Å². The van der Waals surface area contributed by atoms with Crippen molar-refractivity contribution in [3.05, 3.63) is 0 Å². The summed E-state index contributed by atoms with van der Waals surface area (Å²) in [5.41, 5.74) is 0. The first kappa shape index (κ1) is 15.0. The number of nitrogens with zero attached hydrogens (tertiary/aromatic N) is 1. The molecular formula is C14H31N. The van der Waals surface area contributed by atoms with Crippen molar-refractivity contribution < 1.29 is 0 Å². The summed E-state index contributed by atoms with van der Waals surface area (Å²) in [7, 11) is 0. The molecule has 0 bridgehead atoms. The molecule has 0 atom stereocenters. The summed E-state index contributed by atoms with van der Waals surface area (Å²) in [5, 5.41) is 0. The second kappa shape index (κ2) is 10.5. The van der Waals surface area contributed by atoms with Crippen molar-refractivity contribution in [2.75, 3.05) is 19.6 Å². The number of unbranched alkanes of at least 4 members (excludes halogenated alkanes) is 2. The van der Waals surface area contributed by atoms with Crippen molar-refractivity contribution in [3.63, 3.8) is 0 Å². The minimum absolute atomic E-state index is 1.03. The minimum atomic E-state index is 1.03. The maximum absolute atomic E-state index is 2.65. The van der Waals surface area contributed by atoms with Crippen molar-refractivity contribution in [1.29, 1.82) is 0 Å². The van der Waals surface area contributed by atoms with Gasteiger partial charge in [0, 0.05) is 0 Å². The zero-order chi connectivity index (χ0) is 11.5. The third-order valence-corrected chi connectivity index (χ3v) is 3.36. The number of likely N-dealkylation sites (tertiary alicyclic amines) is 1. The predicted molar refractivity (Wildman–Crippen MR) is 70.3 cm³/mol. The Morgan fingerprint density at radius 1 is 1.00 bits per heavy atom. The molecule has 1 heteroatoms. The van der Waals surface area contributed by atoms with E-state index in [2.05, 4.69) is 18.7 Å². The van der Waals surface area contributed by atoms with Gasteiger partial charge in [-0.3, -0.25) is 0 Å². The lowest BCUT2D eigenvalue weighted by molar-refractivity contribution is 0.179. The van der Waals surface area contributed by atoms with Gasteiger partial charge in [0.2, 0.25) is 0 Å². The SMILES string of the molecule is CC.CCCCCN1CCC(CC)CC1. The van der Waals surface area contributed by atoms with E-state index in [1.54, 1.807) is 0 Å². The van der Waals surface area contributed by atoms with E-state index in [4.69, 9.17) is 0 Å². The van der Waals surface area contributed by atoms with Crippen LogP contribution >= 0.6 is 0 Å². The molecule has 1 aliphatic rings. The maximum atomic E-state index is 2.65. The number of hydrogen-bond acceptors (Lipinski definition) is 1. The summed E-state index contributed by atoms with van der Waals surface area (Å²) >= 11 is 0. The van der Waals surface area contributed by atoms with Crippen LogP contribution in [0.4, 0.5) is 0 Å². The highest BCUT2D eigenvalue weighted by Gasteiger charge is 2.16. The molecule has 15 heavy (non-hydrogen) atoms. The largest absolute Gasteiger partial charge is 0.303 e. The molecule has 1 aliphatic heterocycles. The van der Waals surface area contributed by atoms with Gasteiger partial charge >= 0.3 is 0 Å².